The Morgan fingerprint density at radius 3 is 1.47 bits per heavy atom. The first-order valence-electron chi connectivity index (χ1n) is 10.4. The fraction of sp³-hybridized carbons (Fsp3) is 0.143. The van der Waals surface area contributed by atoms with Gasteiger partial charge in [-0.05, 0) is 80.6 Å². The first-order chi connectivity index (χ1) is 14.6. The van der Waals surface area contributed by atoms with Crippen molar-refractivity contribution >= 4 is 23.2 Å². The molecule has 0 aromatic heterocycles. The monoisotopic (exact) mass is 426 g/mol. The lowest BCUT2D eigenvalue weighted by atomic mass is 9.84. The Kier molecular flexibility index (Phi) is 4.10. The van der Waals surface area contributed by atoms with E-state index in [2.05, 4.69) is 79.7 Å². The van der Waals surface area contributed by atoms with Crippen molar-refractivity contribution in [2.45, 2.75) is 25.7 Å². The maximum absolute atomic E-state index is 6.84. The minimum atomic E-state index is 0.124. The van der Waals surface area contributed by atoms with Gasteiger partial charge in [0.2, 0.25) is 0 Å². The second-order valence-corrected chi connectivity index (χ2v) is 9.18. The van der Waals surface area contributed by atoms with E-state index < -0.39 is 0 Å². The normalized spacial score (nSPS) is 13.2. The summed E-state index contributed by atoms with van der Waals surface area (Å²) in [4.78, 5) is 0. The Bertz CT molecular complexity index is 1230. The molecule has 0 amide bonds. The topological polar surface area (TPSA) is 0 Å². The molecule has 0 unspecified atom stereocenters. The molecule has 4 aromatic carbocycles. The highest BCUT2D eigenvalue weighted by Crippen LogP contribution is 2.49. The van der Waals surface area contributed by atoms with Crippen LogP contribution in [0.1, 0.15) is 46.2 Å². The van der Waals surface area contributed by atoms with Gasteiger partial charge in [0.25, 0.3) is 0 Å². The molecule has 0 bridgehead atoms. The lowest BCUT2D eigenvalue weighted by Crippen LogP contribution is -2.06. The van der Waals surface area contributed by atoms with Gasteiger partial charge >= 0.3 is 0 Å². The lowest BCUT2D eigenvalue weighted by Gasteiger charge is -2.22. The molecular weight excluding hydrogens is 407 g/mol. The van der Waals surface area contributed by atoms with Crippen molar-refractivity contribution in [2.24, 2.45) is 0 Å². The number of rotatable bonds is 2. The van der Waals surface area contributed by atoms with Crippen molar-refractivity contribution in [1.82, 2.24) is 0 Å². The number of fused-ring (bicyclic) bond motifs is 6. The fourth-order valence-corrected chi connectivity index (χ4v) is 6.18. The Labute approximate surface area is 187 Å². The molecule has 0 fully saturated rings. The Morgan fingerprint density at radius 1 is 0.567 bits per heavy atom. The smallest absolute Gasteiger partial charge is 0.0447 e. The molecule has 146 valence electrons. The minimum Gasteiger partial charge on any atom is -0.0840 e. The second-order valence-electron chi connectivity index (χ2n) is 8.36. The van der Waals surface area contributed by atoms with Crippen LogP contribution < -0.4 is 0 Å². The zero-order valence-corrected chi connectivity index (χ0v) is 18.2. The number of hydrogen-bond acceptors (Lipinski definition) is 0. The van der Waals surface area contributed by atoms with Crippen LogP contribution in [0.15, 0.2) is 72.8 Å². The summed E-state index contributed by atoms with van der Waals surface area (Å²) in [5.74, 6) is 0.124. The van der Waals surface area contributed by atoms with E-state index in [1.165, 1.54) is 55.6 Å². The standard InChI is InChI=1S/C28H20Cl2/c1-16(27-23-14-17-6-2-4-8-19(17)21(23)10-12-25(27)29)28-24-15-18-7-3-5-9-20(18)22(24)11-13-26(28)30/h2-13,16H,14-15H2,1H3. The highest BCUT2D eigenvalue weighted by atomic mass is 35.5. The zero-order chi connectivity index (χ0) is 20.4. The van der Waals surface area contributed by atoms with E-state index in [1.54, 1.807) is 0 Å². The van der Waals surface area contributed by atoms with E-state index >= 15 is 0 Å². The van der Waals surface area contributed by atoms with Gasteiger partial charge in [0.1, 0.15) is 0 Å². The SMILES string of the molecule is CC(c1c(Cl)ccc2c1Cc1ccccc1-2)c1c(Cl)ccc2c1Cc1ccccc1-2. The summed E-state index contributed by atoms with van der Waals surface area (Å²) in [6.07, 6.45) is 1.86. The third-order valence-corrected chi connectivity index (χ3v) is 7.48. The number of benzene rings is 4. The third kappa shape index (κ3) is 2.54. The molecule has 4 aromatic rings. The van der Waals surface area contributed by atoms with Crippen molar-refractivity contribution < 1.29 is 0 Å². The van der Waals surface area contributed by atoms with Crippen molar-refractivity contribution in [2.75, 3.05) is 0 Å². The second kappa shape index (κ2) is 6.74. The van der Waals surface area contributed by atoms with Crippen LogP contribution in [0.5, 0.6) is 0 Å². The van der Waals surface area contributed by atoms with E-state index in [-0.39, 0.29) is 5.92 Å². The van der Waals surface area contributed by atoms with Gasteiger partial charge < -0.3 is 0 Å². The molecule has 0 nitrogen and oxygen atoms in total. The van der Waals surface area contributed by atoms with Crippen LogP contribution in [-0.2, 0) is 12.8 Å². The van der Waals surface area contributed by atoms with Crippen LogP contribution in [0.3, 0.4) is 0 Å². The van der Waals surface area contributed by atoms with E-state index in [9.17, 15) is 0 Å². The van der Waals surface area contributed by atoms with Crippen molar-refractivity contribution in [3.63, 3.8) is 0 Å². The van der Waals surface area contributed by atoms with Gasteiger partial charge in [-0.1, -0.05) is 90.8 Å². The molecule has 0 saturated heterocycles. The maximum atomic E-state index is 6.84. The summed E-state index contributed by atoms with van der Waals surface area (Å²) < 4.78 is 0. The summed E-state index contributed by atoms with van der Waals surface area (Å²) in [6, 6.07) is 25.8. The molecule has 0 saturated carbocycles. The van der Waals surface area contributed by atoms with Gasteiger partial charge in [-0.25, -0.2) is 0 Å². The first-order valence-corrected chi connectivity index (χ1v) is 11.2. The molecule has 0 N–H and O–H groups in total. The predicted molar refractivity (Wildman–Crippen MR) is 127 cm³/mol. The van der Waals surface area contributed by atoms with Crippen molar-refractivity contribution in [1.29, 1.82) is 0 Å². The molecule has 6 rings (SSSR count). The molecule has 0 aliphatic heterocycles. The largest absolute Gasteiger partial charge is 0.0840 e. The average molecular weight is 427 g/mol. The average Bonchev–Trinajstić information content (AvgIpc) is 3.31. The molecular formula is C28H20Cl2. The van der Waals surface area contributed by atoms with Gasteiger partial charge in [0, 0.05) is 16.0 Å². The Balaban J connectivity index is 1.54. The molecule has 2 aliphatic carbocycles. The molecule has 30 heavy (non-hydrogen) atoms. The summed E-state index contributed by atoms with van der Waals surface area (Å²) in [5.41, 5.74) is 13.2. The Morgan fingerprint density at radius 2 is 1.00 bits per heavy atom. The van der Waals surface area contributed by atoms with Crippen LogP contribution in [0.25, 0.3) is 22.3 Å². The fourth-order valence-electron chi connectivity index (χ4n) is 5.49. The first kappa shape index (κ1) is 18.2. The summed E-state index contributed by atoms with van der Waals surface area (Å²) in [7, 11) is 0. The lowest BCUT2D eigenvalue weighted by molar-refractivity contribution is 0.889. The van der Waals surface area contributed by atoms with Crippen molar-refractivity contribution in [3.05, 3.63) is 116 Å². The molecule has 2 heteroatoms. The van der Waals surface area contributed by atoms with Gasteiger partial charge in [-0.15, -0.1) is 0 Å². The molecule has 2 aliphatic rings. The Hall–Kier alpha value is -2.54. The predicted octanol–water partition coefficient (Wildman–Crippen LogP) is 8.29. The van der Waals surface area contributed by atoms with Crippen LogP contribution >= 0.6 is 23.2 Å². The van der Waals surface area contributed by atoms with Crippen LogP contribution in [0.4, 0.5) is 0 Å². The summed E-state index contributed by atoms with van der Waals surface area (Å²) >= 11 is 13.7. The van der Waals surface area contributed by atoms with Gasteiger partial charge in [-0.2, -0.15) is 0 Å². The summed E-state index contributed by atoms with van der Waals surface area (Å²) in [5, 5.41) is 1.66. The molecule has 0 heterocycles. The van der Waals surface area contributed by atoms with Gasteiger partial charge in [0.15, 0.2) is 0 Å². The minimum absolute atomic E-state index is 0.124. The van der Waals surface area contributed by atoms with E-state index in [0.29, 0.717) is 0 Å². The molecule has 0 radical (unpaired) electrons. The van der Waals surface area contributed by atoms with E-state index in [4.69, 9.17) is 23.2 Å². The highest BCUT2D eigenvalue weighted by molar-refractivity contribution is 6.32. The maximum Gasteiger partial charge on any atom is 0.0447 e. The zero-order valence-electron chi connectivity index (χ0n) is 16.7. The van der Waals surface area contributed by atoms with Gasteiger partial charge in [0.05, 0.1) is 0 Å². The number of hydrogen-bond donors (Lipinski definition) is 0. The highest BCUT2D eigenvalue weighted by Gasteiger charge is 2.30. The third-order valence-electron chi connectivity index (χ3n) is 6.82. The van der Waals surface area contributed by atoms with E-state index in [1.807, 2.05) is 0 Å². The number of halogens is 2. The van der Waals surface area contributed by atoms with Crippen LogP contribution in [0, 0.1) is 0 Å². The molecule has 0 atom stereocenters. The summed E-state index contributed by atoms with van der Waals surface area (Å²) in [6.45, 7) is 2.26. The van der Waals surface area contributed by atoms with Crippen LogP contribution in [-0.4, -0.2) is 0 Å². The van der Waals surface area contributed by atoms with Gasteiger partial charge in [-0.3, -0.25) is 0 Å². The molecule has 0 spiro atoms. The quantitative estimate of drug-likeness (QED) is 0.261. The van der Waals surface area contributed by atoms with Crippen LogP contribution in [0.2, 0.25) is 10.0 Å². The van der Waals surface area contributed by atoms with E-state index in [0.717, 1.165) is 22.9 Å². The van der Waals surface area contributed by atoms with Crippen molar-refractivity contribution in [3.8, 4) is 22.3 Å².